The van der Waals surface area contributed by atoms with Gasteiger partial charge in [0.2, 0.25) is 0 Å². The number of hydrogen-bond donors (Lipinski definition) is 1. The van der Waals surface area contributed by atoms with Crippen LogP contribution in [0.4, 0.5) is 0 Å². The number of halogens is 1. The van der Waals surface area contributed by atoms with E-state index < -0.39 is 6.10 Å². The van der Waals surface area contributed by atoms with E-state index in [1.165, 1.54) is 25.7 Å². The molecule has 96 valence electrons. The van der Waals surface area contributed by atoms with Crippen LogP contribution in [-0.2, 0) is 4.74 Å². The van der Waals surface area contributed by atoms with E-state index in [0.717, 1.165) is 19.6 Å². The summed E-state index contributed by atoms with van der Waals surface area (Å²) in [5.41, 5.74) is 0. The molecule has 1 N–H and O–H groups in total. The van der Waals surface area contributed by atoms with E-state index in [-0.39, 0.29) is 6.23 Å². The highest BCUT2D eigenvalue weighted by molar-refractivity contribution is 6.18. The van der Waals surface area contributed by atoms with Gasteiger partial charge in [-0.1, -0.05) is 26.2 Å². The minimum Gasteiger partial charge on any atom is -0.391 e. The van der Waals surface area contributed by atoms with Gasteiger partial charge in [0.1, 0.15) is 6.23 Å². The molecule has 0 aromatic rings. The van der Waals surface area contributed by atoms with Crippen molar-refractivity contribution in [2.45, 2.75) is 51.4 Å². The number of aliphatic hydroxyl groups excluding tert-OH is 1. The van der Waals surface area contributed by atoms with Gasteiger partial charge in [-0.2, -0.15) is 0 Å². The lowest BCUT2D eigenvalue weighted by Crippen LogP contribution is -2.37. The van der Waals surface area contributed by atoms with Crippen molar-refractivity contribution in [3.8, 4) is 0 Å². The number of alkyl halides is 1. The number of nitrogens with zero attached hydrogens (tertiary/aromatic N) is 1. The molecular weight excluding hydrogens is 226 g/mol. The van der Waals surface area contributed by atoms with Gasteiger partial charge in [-0.15, -0.1) is 11.6 Å². The molecule has 0 radical (unpaired) electrons. The highest BCUT2D eigenvalue weighted by Gasteiger charge is 2.26. The Morgan fingerprint density at radius 2 is 2.25 bits per heavy atom. The Hall–Kier alpha value is 0.170. The Kier molecular flexibility index (Phi) is 7.37. The maximum Gasteiger partial charge on any atom is 0.110 e. The normalized spacial score (nSPS) is 23.8. The molecule has 1 aliphatic rings. The molecule has 0 bridgehead atoms. The van der Waals surface area contributed by atoms with Gasteiger partial charge in [0, 0.05) is 19.0 Å². The Labute approximate surface area is 104 Å². The third-order valence-electron chi connectivity index (χ3n) is 3.02. The summed E-state index contributed by atoms with van der Waals surface area (Å²) in [4.78, 5) is 2.21. The third-order valence-corrected chi connectivity index (χ3v) is 3.38. The first-order valence-corrected chi connectivity index (χ1v) is 6.91. The lowest BCUT2D eigenvalue weighted by molar-refractivity contribution is 0.00736. The Bertz CT molecular complexity index is 180. The molecule has 0 aliphatic carbocycles. The van der Waals surface area contributed by atoms with Crippen molar-refractivity contribution in [2.24, 2.45) is 0 Å². The van der Waals surface area contributed by atoms with E-state index in [1.807, 2.05) is 0 Å². The number of hydrogen-bond acceptors (Lipinski definition) is 3. The van der Waals surface area contributed by atoms with E-state index in [9.17, 15) is 5.11 Å². The van der Waals surface area contributed by atoms with Gasteiger partial charge in [-0.05, 0) is 12.8 Å². The summed E-state index contributed by atoms with van der Waals surface area (Å²) < 4.78 is 5.66. The second kappa shape index (κ2) is 8.29. The zero-order valence-corrected chi connectivity index (χ0v) is 11.0. The number of β-amino-alcohol motifs (C(OH)–C–C–N with tert-alkyl or cyclic N) is 1. The molecular formula is C12H24ClNO2. The topological polar surface area (TPSA) is 32.7 Å². The quantitative estimate of drug-likeness (QED) is 0.529. The van der Waals surface area contributed by atoms with Crippen LogP contribution in [0, 0.1) is 0 Å². The molecule has 0 amide bonds. The maximum absolute atomic E-state index is 9.52. The van der Waals surface area contributed by atoms with E-state index in [4.69, 9.17) is 16.3 Å². The third kappa shape index (κ3) is 5.00. The second-order valence-electron chi connectivity index (χ2n) is 4.48. The van der Waals surface area contributed by atoms with E-state index in [1.54, 1.807) is 0 Å². The van der Waals surface area contributed by atoms with Gasteiger partial charge in [-0.3, -0.25) is 4.90 Å². The first kappa shape index (κ1) is 14.2. The summed E-state index contributed by atoms with van der Waals surface area (Å²) >= 11 is 5.61. The standard InChI is InChI=1S/C12H24ClNO2/c1-2-3-4-5-6-12-14(7-8-16-12)10-11(15)9-13/h11-12,15H,2-10H2,1H3. The fourth-order valence-corrected chi connectivity index (χ4v) is 2.19. The Morgan fingerprint density at radius 3 is 2.94 bits per heavy atom. The fourth-order valence-electron chi connectivity index (χ4n) is 2.10. The lowest BCUT2D eigenvalue weighted by atomic mass is 10.1. The van der Waals surface area contributed by atoms with Gasteiger partial charge in [-0.25, -0.2) is 0 Å². The number of rotatable bonds is 8. The smallest absolute Gasteiger partial charge is 0.110 e. The molecule has 4 heteroatoms. The van der Waals surface area contributed by atoms with Crippen LogP contribution in [-0.4, -0.2) is 47.9 Å². The monoisotopic (exact) mass is 249 g/mol. The highest BCUT2D eigenvalue weighted by atomic mass is 35.5. The van der Waals surface area contributed by atoms with Crippen LogP contribution in [0.3, 0.4) is 0 Å². The molecule has 0 aromatic carbocycles. The Balaban J connectivity index is 2.18. The van der Waals surface area contributed by atoms with Crippen LogP contribution in [0.5, 0.6) is 0 Å². The first-order chi connectivity index (χ1) is 7.77. The zero-order chi connectivity index (χ0) is 11.8. The molecule has 0 spiro atoms. The number of unbranched alkanes of at least 4 members (excludes halogenated alkanes) is 3. The zero-order valence-electron chi connectivity index (χ0n) is 10.2. The Morgan fingerprint density at radius 1 is 1.44 bits per heavy atom. The first-order valence-electron chi connectivity index (χ1n) is 6.37. The molecule has 3 nitrogen and oxygen atoms in total. The van der Waals surface area contributed by atoms with Gasteiger partial charge in [0.25, 0.3) is 0 Å². The van der Waals surface area contributed by atoms with Crippen molar-refractivity contribution in [3.63, 3.8) is 0 Å². The summed E-state index contributed by atoms with van der Waals surface area (Å²) in [7, 11) is 0. The minimum atomic E-state index is -0.429. The summed E-state index contributed by atoms with van der Waals surface area (Å²) in [5.74, 6) is 0.305. The number of aliphatic hydroxyl groups is 1. The largest absolute Gasteiger partial charge is 0.391 e. The SMILES string of the molecule is CCCCCCC1OCCN1CC(O)CCl. The molecule has 0 saturated carbocycles. The van der Waals surface area contributed by atoms with Gasteiger partial charge < -0.3 is 9.84 Å². The second-order valence-corrected chi connectivity index (χ2v) is 4.79. The van der Waals surface area contributed by atoms with Crippen LogP contribution in [0.1, 0.15) is 39.0 Å². The van der Waals surface area contributed by atoms with Crippen LogP contribution < -0.4 is 0 Å². The number of ether oxygens (including phenoxy) is 1. The maximum atomic E-state index is 9.52. The molecule has 1 rings (SSSR count). The van der Waals surface area contributed by atoms with Crippen LogP contribution in [0.25, 0.3) is 0 Å². The average Bonchev–Trinajstić information content (AvgIpc) is 2.72. The lowest BCUT2D eigenvalue weighted by Gasteiger charge is -2.24. The van der Waals surface area contributed by atoms with Gasteiger partial charge >= 0.3 is 0 Å². The van der Waals surface area contributed by atoms with Gasteiger partial charge in [0.05, 0.1) is 12.7 Å². The van der Waals surface area contributed by atoms with Crippen molar-refractivity contribution < 1.29 is 9.84 Å². The fraction of sp³-hybridized carbons (Fsp3) is 1.00. The van der Waals surface area contributed by atoms with Crippen molar-refractivity contribution in [3.05, 3.63) is 0 Å². The van der Waals surface area contributed by atoms with Crippen molar-refractivity contribution in [2.75, 3.05) is 25.6 Å². The molecule has 1 heterocycles. The van der Waals surface area contributed by atoms with Crippen LogP contribution in [0.15, 0.2) is 0 Å². The summed E-state index contributed by atoms with van der Waals surface area (Å²) in [6.07, 6.45) is 5.91. The molecule has 0 aromatic heterocycles. The average molecular weight is 250 g/mol. The van der Waals surface area contributed by atoms with Crippen molar-refractivity contribution in [1.29, 1.82) is 0 Å². The highest BCUT2D eigenvalue weighted by Crippen LogP contribution is 2.17. The molecule has 2 unspecified atom stereocenters. The molecule has 1 fully saturated rings. The molecule has 2 atom stereocenters. The summed E-state index contributed by atoms with van der Waals surface area (Å²) in [6.45, 7) is 4.57. The predicted octanol–water partition coefficient (Wildman–Crippen LogP) is 2.21. The van der Waals surface area contributed by atoms with E-state index in [0.29, 0.717) is 12.4 Å². The summed E-state index contributed by atoms with van der Waals surface area (Å²) in [6, 6.07) is 0. The van der Waals surface area contributed by atoms with Crippen LogP contribution >= 0.6 is 11.6 Å². The predicted molar refractivity (Wildman–Crippen MR) is 66.8 cm³/mol. The summed E-state index contributed by atoms with van der Waals surface area (Å²) in [5, 5.41) is 9.52. The molecule has 1 saturated heterocycles. The van der Waals surface area contributed by atoms with Crippen molar-refractivity contribution >= 4 is 11.6 Å². The van der Waals surface area contributed by atoms with E-state index in [2.05, 4.69) is 11.8 Å². The molecule has 1 aliphatic heterocycles. The van der Waals surface area contributed by atoms with Crippen molar-refractivity contribution in [1.82, 2.24) is 4.90 Å². The molecule has 16 heavy (non-hydrogen) atoms. The van der Waals surface area contributed by atoms with Gasteiger partial charge in [0.15, 0.2) is 0 Å². The van der Waals surface area contributed by atoms with E-state index >= 15 is 0 Å². The minimum absolute atomic E-state index is 0.203. The van der Waals surface area contributed by atoms with Crippen LogP contribution in [0.2, 0.25) is 0 Å².